The van der Waals surface area contributed by atoms with Crippen LogP contribution in [0.25, 0.3) is 0 Å². The number of carbonyl (C=O) groups is 1. The Labute approximate surface area is 153 Å². The van der Waals surface area contributed by atoms with Crippen LogP contribution >= 0.6 is 11.6 Å². The summed E-state index contributed by atoms with van der Waals surface area (Å²) in [7, 11) is 3.02. The monoisotopic (exact) mass is 362 g/mol. The van der Waals surface area contributed by atoms with Gasteiger partial charge in [-0.15, -0.1) is 0 Å². The first kappa shape index (κ1) is 18.9. The summed E-state index contributed by atoms with van der Waals surface area (Å²) in [4.78, 5) is 12.5. The van der Waals surface area contributed by atoms with E-state index in [0.717, 1.165) is 11.3 Å². The number of carbonyl (C=O) groups excluding carboxylic acids is 1. The molecule has 6 heteroatoms. The minimum Gasteiger partial charge on any atom is -0.495 e. The lowest BCUT2D eigenvalue weighted by atomic mass is 9.86. The molecule has 2 aromatic carbocycles. The molecule has 0 bridgehead atoms. The van der Waals surface area contributed by atoms with Crippen molar-refractivity contribution >= 4 is 29.0 Å². The van der Waals surface area contributed by atoms with Gasteiger partial charge in [-0.2, -0.15) is 0 Å². The number of para-hydroxylation sites is 1. The summed E-state index contributed by atoms with van der Waals surface area (Å²) < 4.78 is 10.5. The maximum Gasteiger partial charge on any atom is 0.323 e. The molecule has 5 nitrogen and oxygen atoms in total. The van der Waals surface area contributed by atoms with E-state index in [1.54, 1.807) is 12.1 Å². The number of hydrogen-bond acceptors (Lipinski definition) is 3. The summed E-state index contributed by atoms with van der Waals surface area (Å²) in [5.74, 6) is 0.901. The number of methoxy groups -OCH3 is 2. The molecule has 0 saturated heterocycles. The van der Waals surface area contributed by atoms with E-state index in [0.29, 0.717) is 22.2 Å². The fraction of sp³-hybridized carbons (Fsp3) is 0.316. The van der Waals surface area contributed by atoms with Crippen molar-refractivity contribution in [1.82, 2.24) is 0 Å². The predicted octanol–water partition coefficient (Wildman–Crippen LogP) is 5.30. The highest BCUT2D eigenvalue weighted by atomic mass is 35.5. The Hall–Kier alpha value is -2.40. The average molecular weight is 363 g/mol. The second-order valence-corrected chi connectivity index (χ2v) is 6.97. The average Bonchev–Trinajstić information content (AvgIpc) is 2.55. The smallest absolute Gasteiger partial charge is 0.323 e. The second-order valence-electron chi connectivity index (χ2n) is 6.56. The molecule has 2 aromatic rings. The molecule has 0 heterocycles. The van der Waals surface area contributed by atoms with Crippen LogP contribution in [0, 0.1) is 0 Å². The SMILES string of the molecule is COc1cc(NC(=O)Nc2ccccc2C(C)(C)C)c(OC)cc1Cl. The molecule has 0 aromatic heterocycles. The predicted molar refractivity (Wildman–Crippen MR) is 102 cm³/mol. The maximum atomic E-state index is 12.5. The van der Waals surface area contributed by atoms with Crippen molar-refractivity contribution in [2.75, 3.05) is 24.9 Å². The fourth-order valence-corrected chi connectivity index (χ4v) is 2.71. The van der Waals surface area contributed by atoms with Crippen LogP contribution in [0.2, 0.25) is 5.02 Å². The Morgan fingerprint density at radius 1 is 0.960 bits per heavy atom. The van der Waals surface area contributed by atoms with Gasteiger partial charge in [-0.3, -0.25) is 0 Å². The Balaban J connectivity index is 2.25. The first-order chi connectivity index (χ1) is 11.8. The van der Waals surface area contributed by atoms with Gasteiger partial charge in [0.05, 0.1) is 24.9 Å². The van der Waals surface area contributed by atoms with Gasteiger partial charge in [-0.1, -0.05) is 50.6 Å². The van der Waals surface area contributed by atoms with Crippen LogP contribution in [0.4, 0.5) is 16.2 Å². The first-order valence-corrected chi connectivity index (χ1v) is 8.23. The zero-order valence-corrected chi connectivity index (χ0v) is 15.8. The van der Waals surface area contributed by atoms with Gasteiger partial charge in [0.1, 0.15) is 11.5 Å². The Bertz CT molecular complexity index is 770. The zero-order chi connectivity index (χ0) is 18.6. The summed E-state index contributed by atoms with van der Waals surface area (Å²) >= 11 is 6.08. The normalized spacial score (nSPS) is 11.0. The molecule has 25 heavy (non-hydrogen) atoms. The maximum absolute atomic E-state index is 12.5. The van der Waals surface area contributed by atoms with Crippen molar-refractivity contribution in [3.05, 3.63) is 47.0 Å². The number of benzene rings is 2. The number of anilines is 2. The van der Waals surface area contributed by atoms with Crippen LogP contribution in [-0.4, -0.2) is 20.3 Å². The van der Waals surface area contributed by atoms with E-state index in [4.69, 9.17) is 21.1 Å². The molecular formula is C19H23ClN2O3. The molecule has 2 rings (SSSR count). The molecule has 134 valence electrons. The van der Waals surface area contributed by atoms with Crippen molar-refractivity contribution in [3.8, 4) is 11.5 Å². The zero-order valence-electron chi connectivity index (χ0n) is 15.1. The van der Waals surface area contributed by atoms with Crippen molar-refractivity contribution < 1.29 is 14.3 Å². The van der Waals surface area contributed by atoms with E-state index in [9.17, 15) is 4.79 Å². The summed E-state index contributed by atoms with van der Waals surface area (Å²) in [6.07, 6.45) is 0. The fourth-order valence-electron chi connectivity index (χ4n) is 2.48. The van der Waals surface area contributed by atoms with Crippen LogP contribution in [0.15, 0.2) is 36.4 Å². The summed E-state index contributed by atoms with van der Waals surface area (Å²) in [6, 6.07) is 10.6. The number of hydrogen-bond donors (Lipinski definition) is 2. The van der Waals surface area contributed by atoms with Gasteiger partial charge < -0.3 is 20.1 Å². The lowest BCUT2D eigenvalue weighted by Gasteiger charge is -2.23. The summed E-state index contributed by atoms with van der Waals surface area (Å²) in [5, 5.41) is 6.07. The molecule has 0 fully saturated rings. The third-order valence-electron chi connectivity index (χ3n) is 3.71. The standard InChI is InChI=1S/C19H23ClN2O3/c1-19(2,3)12-8-6-7-9-14(12)21-18(23)22-15-11-16(24-4)13(20)10-17(15)25-5/h6-11H,1-5H3,(H2,21,22,23). The second kappa shape index (κ2) is 7.66. The van der Waals surface area contributed by atoms with Gasteiger partial charge >= 0.3 is 6.03 Å². The summed E-state index contributed by atoms with van der Waals surface area (Å²) in [5.41, 5.74) is 2.18. The van der Waals surface area contributed by atoms with E-state index < -0.39 is 0 Å². The highest BCUT2D eigenvalue weighted by molar-refractivity contribution is 6.32. The van der Waals surface area contributed by atoms with Gasteiger partial charge in [-0.25, -0.2) is 4.79 Å². The van der Waals surface area contributed by atoms with E-state index in [1.807, 2.05) is 24.3 Å². The third kappa shape index (κ3) is 4.57. The molecule has 0 spiro atoms. The van der Waals surface area contributed by atoms with Gasteiger partial charge in [0.2, 0.25) is 0 Å². The molecule has 0 saturated carbocycles. The molecule has 0 unspecified atom stereocenters. The van der Waals surface area contributed by atoms with Crippen LogP contribution in [0.5, 0.6) is 11.5 Å². The van der Waals surface area contributed by atoms with E-state index in [-0.39, 0.29) is 11.4 Å². The van der Waals surface area contributed by atoms with Crippen molar-refractivity contribution in [2.24, 2.45) is 0 Å². The lowest BCUT2D eigenvalue weighted by molar-refractivity contribution is 0.262. The molecule has 0 aliphatic rings. The van der Waals surface area contributed by atoms with Crippen molar-refractivity contribution in [2.45, 2.75) is 26.2 Å². The van der Waals surface area contributed by atoms with E-state index >= 15 is 0 Å². The molecule has 0 radical (unpaired) electrons. The van der Waals surface area contributed by atoms with Gasteiger partial charge in [-0.05, 0) is 17.0 Å². The highest BCUT2D eigenvalue weighted by Gasteiger charge is 2.19. The minimum absolute atomic E-state index is 0.0922. The van der Waals surface area contributed by atoms with Crippen LogP contribution in [0.1, 0.15) is 26.3 Å². The molecule has 2 amide bonds. The van der Waals surface area contributed by atoms with Crippen LogP contribution in [-0.2, 0) is 5.41 Å². The van der Waals surface area contributed by atoms with Crippen LogP contribution < -0.4 is 20.1 Å². The Morgan fingerprint density at radius 3 is 2.16 bits per heavy atom. The molecule has 2 N–H and O–H groups in total. The van der Waals surface area contributed by atoms with E-state index in [2.05, 4.69) is 31.4 Å². The largest absolute Gasteiger partial charge is 0.495 e. The lowest BCUT2D eigenvalue weighted by Crippen LogP contribution is -2.23. The summed E-state index contributed by atoms with van der Waals surface area (Å²) in [6.45, 7) is 6.29. The number of rotatable bonds is 4. The highest BCUT2D eigenvalue weighted by Crippen LogP contribution is 2.36. The third-order valence-corrected chi connectivity index (χ3v) is 4.00. The number of ether oxygens (including phenoxy) is 2. The van der Waals surface area contributed by atoms with Gasteiger partial charge in [0, 0.05) is 17.8 Å². The molecule has 0 aliphatic carbocycles. The molecular weight excluding hydrogens is 340 g/mol. The van der Waals surface area contributed by atoms with Gasteiger partial charge in [0.15, 0.2) is 0 Å². The Morgan fingerprint density at radius 2 is 1.56 bits per heavy atom. The first-order valence-electron chi connectivity index (χ1n) is 7.85. The van der Waals surface area contributed by atoms with Gasteiger partial charge in [0.25, 0.3) is 0 Å². The number of halogens is 1. The topological polar surface area (TPSA) is 59.6 Å². The Kier molecular flexibility index (Phi) is 5.80. The van der Waals surface area contributed by atoms with E-state index in [1.165, 1.54) is 14.2 Å². The van der Waals surface area contributed by atoms with Crippen molar-refractivity contribution in [1.29, 1.82) is 0 Å². The molecule has 0 atom stereocenters. The number of urea groups is 1. The van der Waals surface area contributed by atoms with Crippen LogP contribution in [0.3, 0.4) is 0 Å². The quantitative estimate of drug-likeness (QED) is 0.775. The number of amides is 2. The molecule has 0 aliphatic heterocycles. The van der Waals surface area contributed by atoms with Crippen molar-refractivity contribution in [3.63, 3.8) is 0 Å². The minimum atomic E-state index is -0.376. The number of nitrogens with one attached hydrogen (secondary N) is 2.